The van der Waals surface area contributed by atoms with Gasteiger partial charge in [-0.3, -0.25) is 4.90 Å². The summed E-state index contributed by atoms with van der Waals surface area (Å²) in [6, 6.07) is 4.01. The Labute approximate surface area is 185 Å². The van der Waals surface area contributed by atoms with E-state index >= 15 is 0 Å². The number of piperazine rings is 1. The summed E-state index contributed by atoms with van der Waals surface area (Å²) in [5, 5.41) is 7.89. The molecule has 3 heterocycles. The van der Waals surface area contributed by atoms with Crippen LogP contribution in [0.1, 0.15) is 32.0 Å². The molecule has 2 aromatic rings. The number of ether oxygens (including phenoxy) is 2. The summed E-state index contributed by atoms with van der Waals surface area (Å²) in [4.78, 5) is 14.4. The predicted octanol–water partition coefficient (Wildman–Crippen LogP) is 2.34. The van der Waals surface area contributed by atoms with Crippen LogP contribution in [0, 0.1) is 0 Å². The fraction of sp³-hybridized carbons (Fsp3) is 0.652. The molecular weight excluding hydrogens is 392 g/mol. The van der Waals surface area contributed by atoms with Crippen LogP contribution in [-0.4, -0.2) is 86.0 Å². The Hall–Kier alpha value is -2.16. The van der Waals surface area contributed by atoms with Gasteiger partial charge in [0.2, 0.25) is 0 Å². The van der Waals surface area contributed by atoms with E-state index in [4.69, 9.17) is 19.4 Å². The summed E-state index contributed by atoms with van der Waals surface area (Å²) in [7, 11) is 1.69. The zero-order chi connectivity index (χ0) is 21.5. The fourth-order valence-corrected chi connectivity index (χ4v) is 4.28. The molecule has 0 atom stereocenters. The zero-order valence-electron chi connectivity index (χ0n) is 19.0. The molecule has 0 unspecified atom stereocenters. The van der Waals surface area contributed by atoms with Gasteiger partial charge in [-0.15, -0.1) is 0 Å². The summed E-state index contributed by atoms with van der Waals surface area (Å²) < 4.78 is 11.8. The topological polar surface area (TPSA) is 74.8 Å². The summed E-state index contributed by atoms with van der Waals surface area (Å²) in [5.74, 6) is 3.18. The number of benzene rings is 1. The first-order chi connectivity index (χ1) is 15.3. The van der Waals surface area contributed by atoms with Gasteiger partial charge in [0, 0.05) is 50.6 Å². The second kappa shape index (κ2) is 10.9. The molecule has 8 nitrogen and oxygen atoms in total. The molecule has 1 aromatic carbocycles. The van der Waals surface area contributed by atoms with E-state index in [1.807, 2.05) is 12.1 Å². The van der Waals surface area contributed by atoms with Crippen molar-refractivity contribution in [2.75, 3.05) is 71.5 Å². The Morgan fingerprint density at radius 3 is 2.58 bits per heavy atom. The molecular formula is C23H36N6O2. The highest BCUT2D eigenvalue weighted by atomic mass is 16.5. The van der Waals surface area contributed by atoms with Gasteiger partial charge in [0.15, 0.2) is 11.5 Å². The SMILES string of the molecule is CCc1nc(NCN2CCNCC2)c2cc(OC)c(OCCCN3CCCC3)cc2n1. The van der Waals surface area contributed by atoms with Crippen LogP contribution in [0.5, 0.6) is 11.5 Å². The first-order valence-electron chi connectivity index (χ1n) is 11.7. The molecule has 2 fully saturated rings. The van der Waals surface area contributed by atoms with Gasteiger partial charge in [-0.2, -0.15) is 0 Å². The van der Waals surface area contributed by atoms with Crippen LogP contribution in [0.3, 0.4) is 0 Å². The maximum atomic E-state index is 6.12. The lowest BCUT2D eigenvalue weighted by Crippen LogP contribution is -2.45. The van der Waals surface area contributed by atoms with Crippen molar-refractivity contribution in [3.8, 4) is 11.5 Å². The first kappa shape index (κ1) is 22.0. The summed E-state index contributed by atoms with van der Waals surface area (Å²) in [5.41, 5.74) is 0.894. The number of nitrogens with zero attached hydrogens (tertiary/aromatic N) is 4. The van der Waals surface area contributed by atoms with E-state index in [9.17, 15) is 0 Å². The van der Waals surface area contributed by atoms with Crippen molar-refractivity contribution in [2.24, 2.45) is 0 Å². The molecule has 31 heavy (non-hydrogen) atoms. The molecule has 0 amide bonds. The van der Waals surface area contributed by atoms with E-state index in [0.717, 1.165) is 86.3 Å². The lowest BCUT2D eigenvalue weighted by molar-refractivity contribution is 0.254. The number of nitrogens with one attached hydrogen (secondary N) is 2. The van der Waals surface area contributed by atoms with Gasteiger partial charge in [0.1, 0.15) is 11.6 Å². The monoisotopic (exact) mass is 428 g/mol. The van der Waals surface area contributed by atoms with Crippen LogP contribution in [0.15, 0.2) is 12.1 Å². The van der Waals surface area contributed by atoms with Crippen molar-refractivity contribution in [1.82, 2.24) is 25.1 Å². The van der Waals surface area contributed by atoms with Gasteiger partial charge < -0.3 is 25.0 Å². The van der Waals surface area contributed by atoms with Gasteiger partial charge in [0.25, 0.3) is 0 Å². The van der Waals surface area contributed by atoms with E-state index < -0.39 is 0 Å². The highest BCUT2D eigenvalue weighted by Gasteiger charge is 2.16. The second-order valence-corrected chi connectivity index (χ2v) is 8.32. The lowest BCUT2D eigenvalue weighted by Gasteiger charge is -2.27. The predicted molar refractivity (Wildman–Crippen MR) is 124 cm³/mol. The fourth-order valence-electron chi connectivity index (χ4n) is 4.28. The quantitative estimate of drug-likeness (QED) is 0.559. The van der Waals surface area contributed by atoms with Gasteiger partial charge in [-0.25, -0.2) is 9.97 Å². The molecule has 8 heteroatoms. The molecule has 0 aliphatic carbocycles. The Balaban J connectivity index is 1.48. The molecule has 0 saturated carbocycles. The zero-order valence-corrected chi connectivity index (χ0v) is 19.0. The molecule has 1 aromatic heterocycles. The smallest absolute Gasteiger partial charge is 0.163 e. The van der Waals surface area contributed by atoms with E-state index in [1.54, 1.807) is 7.11 Å². The number of rotatable bonds is 10. The van der Waals surface area contributed by atoms with E-state index in [1.165, 1.54) is 25.9 Å². The molecule has 4 rings (SSSR count). The highest BCUT2D eigenvalue weighted by Crippen LogP contribution is 2.34. The Morgan fingerprint density at radius 1 is 1.03 bits per heavy atom. The van der Waals surface area contributed by atoms with Crippen LogP contribution < -0.4 is 20.1 Å². The van der Waals surface area contributed by atoms with Crippen molar-refractivity contribution in [1.29, 1.82) is 0 Å². The van der Waals surface area contributed by atoms with Crippen LogP contribution in [0.25, 0.3) is 10.9 Å². The third kappa shape index (κ3) is 5.75. The number of hydrogen-bond donors (Lipinski definition) is 2. The molecule has 2 N–H and O–H groups in total. The van der Waals surface area contributed by atoms with Crippen molar-refractivity contribution in [3.05, 3.63) is 18.0 Å². The number of hydrogen-bond acceptors (Lipinski definition) is 8. The Morgan fingerprint density at radius 2 is 1.84 bits per heavy atom. The molecule has 2 aliphatic rings. The standard InChI is InChI=1S/C23H36N6O2/c1-3-22-26-19-16-21(31-14-6-11-28-9-4-5-10-28)20(30-2)15-18(19)23(27-22)25-17-29-12-7-24-8-13-29/h15-16,24H,3-14,17H2,1-2H3,(H,25,26,27). The van der Waals surface area contributed by atoms with Gasteiger partial charge in [0.05, 0.1) is 25.9 Å². The van der Waals surface area contributed by atoms with Crippen LogP contribution in [0.2, 0.25) is 0 Å². The molecule has 2 aliphatic heterocycles. The number of aryl methyl sites for hydroxylation is 1. The number of fused-ring (bicyclic) bond motifs is 1. The Kier molecular flexibility index (Phi) is 7.77. The highest BCUT2D eigenvalue weighted by molar-refractivity contribution is 5.91. The van der Waals surface area contributed by atoms with Crippen LogP contribution >= 0.6 is 0 Å². The largest absolute Gasteiger partial charge is 0.493 e. The molecule has 2 saturated heterocycles. The van der Waals surface area contributed by atoms with Gasteiger partial charge in [-0.05, 0) is 38.4 Å². The van der Waals surface area contributed by atoms with Crippen molar-refractivity contribution in [3.63, 3.8) is 0 Å². The lowest BCUT2D eigenvalue weighted by atomic mass is 10.2. The summed E-state index contributed by atoms with van der Waals surface area (Å²) in [6.07, 6.45) is 4.45. The summed E-state index contributed by atoms with van der Waals surface area (Å²) in [6.45, 7) is 11.2. The second-order valence-electron chi connectivity index (χ2n) is 8.32. The van der Waals surface area contributed by atoms with Crippen molar-refractivity contribution in [2.45, 2.75) is 32.6 Å². The average molecular weight is 429 g/mol. The number of methoxy groups -OCH3 is 1. The first-order valence-corrected chi connectivity index (χ1v) is 11.7. The number of anilines is 1. The maximum absolute atomic E-state index is 6.12. The summed E-state index contributed by atoms with van der Waals surface area (Å²) >= 11 is 0. The van der Waals surface area contributed by atoms with Gasteiger partial charge in [-0.1, -0.05) is 6.92 Å². The van der Waals surface area contributed by atoms with Crippen LogP contribution in [0.4, 0.5) is 5.82 Å². The van der Waals surface area contributed by atoms with Crippen LogP contribution in [-0.2, 0) is 6.42 Å². The third-order valence-corrected chi connectivity index (χ3v) is 6.10. The minimum absolute atomic E-state index is 0.679. The average Bonchev–Trinajstić information content (AvgIpc) is 3.33. The van der Waals surface area contributed by atoms with Crippen molar-refractivity contribution < 1.29 is 9.47 Å². The van der Waals surface area contributed by atoms with E-state index in [-0.39, 0.29) is 0 Å². The Bertz CT molecular complexity index is 850. The molecule has 170 valence electrons. The third-order valence-electron chi connectivity index (χ3n) is 6.10. The number of likely N-dealkylation sites (tertiary alicyclic amines) is 1. The van der Waals surface area contributed by atoms with E-state index in [2.05, 4.69) is 27.4 Å². The minimum atomic E-state index is 0.679. The maximum Gasteiger partial charge on any atom is 0.163 e. The minimum Gasteiger partial charge on any atom is -0.493 e. The molecule has 0 spiro atoms. The normalized spacial score (nSPS) is 17.9. The molecule has 0 bridgehead atoms. The van der Waals surface area contributed by atoms with Crippen molar-refractivity contribution >= 4 is 16.7 Å². The van der Waals surface area contributed by atoms with E-state index in [0.29, 0.717) is 6.61 Å². The van der Waals surface area contributed by atoms with Gasteiger partial charge >= 0.3 is 0 Å². The number of aromatic nitrogens is 2. The molecule has 0 radical (unpaired) electrons.